The highest BCUT2D eigenvalue weighted by Gasteiger charge is 2.16. The van der Waals surface area contributed by atoms with Crippen LogP contribution in [-0.4, -0.2) is 35.9 Å². The molecule has 1 rings (SSSR count). The summed E-state index contributed by atoms with van der Waals surface area (Å²) < 4.78 is 9.56. The van der Waals surface area contributed by atoms with Crippen molar-refractivity contribution in [2.24, 2.45) is 0 Å². The lowest BCUT2D eigenvalue weighted by Gasteiger charge is -2.11. The van der Waals surface area contributed by atoms with E-state index in [0.717, 1.165) is 17.0 Å². The molecule has 1 aromatic rings. The topological polar surface area (TPSA) is 81.4 Å². The third kappa shape index (κ3) is 4.59. The van der Waals surface area contributed by atoms with E-state index < -0.39 is 12.0 Å². The van der Waals surface area contributed by atoms with Gasteiger partial charge in [-0.15, -0.1) is 11.8 Å². The summed E-state index contributed by atoms with van der Waals surface area (Å²) in [4.78, 5) is 22.7. The maximum absolute atomic E-state index is 11.6. The molecule has 1 aromatic heterocycles. The Morgan fingerprint density at radius 1 is 1.47 bits per heavy atom. The van der Waals surface area contributed by atoms with Crippen molar-refractivity contribution in [3.8, 4) is 0 Å². The lowest BCUT2D eigenvalue weighted by atomic mass is 10.2. The van der Waals surface area contributed by atoms with Gasteiger partial charge in [-0.1, -0.05) is 5.16 Å². The smallest absolute Gasteiger partial charge is 0.328 e. The lowest BCUT2D eigenvalue weighted by Crippen LogP contribution is -2.40. The third-order valence-electron chi connectivity index (χ3n) is 2.59. The summed E-state index contributed by atoms with van der Waals surface area (Å²) in [6.07, 6.45) is 0. The Labute approximate surface area is 116 Å². The van der Waals surface area contributed by atoms with E-state index in [-0.39, 0.29) is 11.7 Å². The van der Waals surface area contributed by atoms with Crippen LogP contribution in [0.1, 0.15) is 23.9 Å². The molecule has 106 valence electrons. The molecule has 0 spiro atoms. The van der Waals surface area contributed by atoms with Crippen LogP contribution in [0.15, 0.2) is 4.52 Å². The van der Waals surface area contributed by atoms with Crippen molar-refractivity contribution in [2.75, 3.05) is 12.9 Å². The second-order valence-corrected chi connectivity index (χ2v) is 5.09. The van der Waals surface area contributed by atoms with Crippen LogP contribution in [0.5, 0.6) is 0 Å². The van der Waals surface area contributed by atoms with Crippen LogP contribution in [0, 0.1) is 13.8 Å². The Morgan fingerprint density at radius 2 is 2.16 bits per heavy atom. The van der Waals surface area contributed by atoms with Crippen LogP contribution in [0.25, 0.3) is 0 Å². The zero-order chi connectivity index (χ0) is 14.4. The van der Waals surface area contributed by atoms with E-state index in [0.29, 0.717) is 5.75 Å². The number of methoxy groups -OCH3 is 1. The number of carbonyl (C=O) groups is 2. The molecule has 6 nitrogen and oxygen atoms in total. The number of carbonyl (C=O) groups excluding carboxylic acids is 2. The SMILES string of the molecule is COC(=O)C(C)NC(=O)CSCc1c(C)noc1C. The van der Waals surface area contributed by atoms with Gasteiger partial charge in [0.25, 0.3) is 0 Å². The minimum atomic E-state index is -0.628. The first kappa shape index (κ1) is 15.6. The Bertz CT molecular complexity index is 439. The van der Waals surface area contributed by atoms with Crippen LogP contribution >= 0.6 is 11.8 Å². The van der Waals surface area contributed by atoms with E-state index in [9.17, 15) is 9.59 Å². The molecule has 7 heteroatoms. The molecule has 0 saturated heterocycles. The molecular weight excluding hydrogens is 268 g/mol. The minimum absolute atomic E-state index is 0.199. The number of ether oxygens (including phenoxy) is 1. The zero-order valence-corrected chi connectivity index (χ0v) is 12.3. The summed E-state index contributed by atoms with van der Waals surface area (Å²) >= 11 is 1.44. The van der Waals surface area contributed by atoms with E-state index in [4.69, 9.17) is 4.52 Å². The molecule has 1 atom stereocenters. The molecule has 0 aliphatic heterocycles. The van der Waals surface area contributed by atoms with Gasteiger partial charge in [0, 0.05) is 11.3 Å². The fraction of sp³-hybridized carbons (Fsp3) is 0.583. The average Bonchev–Trinajstić information content (AvgIpc) is 2.69. The Morgan fingerprint density at radius 3 is 2.68 bits per heavy atom. The molecule has 0 radical (unpaired) electrons. The predicted octanol–water partition coefficient (Wildman–Crippen LogP) is 1.20. The number of hydrogen-bond acceptors (Lipinski definition) is 6. The minimum Gasteiger partial charge on any atom is -0.467 e. The third-order valence-corrected chi connectivity index (χ3v) is 3.55. The molecule has 19 heavy (non-hydrogen) atoms. The standard InChI is InChI=1S/C12H18N2O4S/c1-7-10(9(3)18-14-7)5-19-6-11(15)13-8(2)12(16)17-4/h8H,5-6H2,1-4H3,(H,13,15). The quantitative estimate of drug-likeness (QED) is 0.791. The molecule has 0 bridgehead atoms. The molecular formula is C12H18N2O4S. The number of rotatable bonds is 6. The fourth-order valence-electron chi connectivity index (χ4n) is 1.47. The first-order chi connectivity index (χ1) is 8.95. The number of thioether (sulfide) groups is 1. The first-order valence-electron chi connectivity index (χ1n) is 5.82. The van der Waals surface area contributed by atoms with E-state index in [1.54, 1.807) is 6.92 Å². The molecule has 0 fully saturated rings. The highest BCUT2D eigenvalue weighted by Crippen LogP contribution is 2.19. The van der Waals surface area contributed by atoms with Crippen molar-refractivity contribution in [1.82, 2.24) is 10.5 Å². The van der Waals surface area contributed by atoms with Gasteiger partial charge in [-0.25, -0.2) is 4.79 Å². The maximum Gasteiger partial charge on any atom is 0.328 e. The van der Waals surface area contributed by atoms with Gasteiger partial charge in [-0.2, -0.15) is 0 Å². The van der Waals surface area contributed by atoms with Crippen LogP contribution in [0.3, 0.4) is 0 Å². The van der Waals surface area contributed by atoms with Gasteiger partial charge in [0.2, 0.25) is 5.91 Å². The van der Waals surface area contributed by atoms with Crippen molar-refractivity contribution in [1.29, 1.82) is 0 Å². The number of amides is 1. The highest BCUT2D eigenvalue weighted by atomic mass is 32.2. The second kappa shape index (κ2) is 7.18. The molecule has 0 aromatic carbocycles. The summed E-state index contributed by atoms with van der Waals surface area (Å²) in [6, 6.07) is -0.628. The van der Waals surface area contributed by atoms with Crippen LogP contribution in [0.4, 0.5) is 0 Å². The highest BCUT2D eigenvalue weighted by molar-refractivity contribution is 7.99. The predicted molar refractivity (Wildman–Crippen MR) is 71.8 cm³/mol. The van der Waals surface area contributed by atoms with E-state index in [2.05, 4.69) is 15.2 Å². The monoisotopic (exact) mass is 286 g/mol. The first-order valence-corrected chi connectivity index (χ1v) is 6.97. The van der Waals surface area contributed by atoms with Crippen LogP contribution in [-0.2, 0) is 20.1 Å². The fourth-order valence-corrected chi connectivity index (χ4v) is 2.46. The molecule has 0 aliphatic carbocycles. The molecule has 1 N–H and O–H groups in total. The molecule has 0 saturated carbocycles. The Kier molecular flexibility index (Phi) is 5.88. The molecule has 1 unspecified atom stereocenters. The van der Waals surface area contributed by atoms with Crippen LogP contribution in [0.2, 0.25) is 0 Å². The van der Waals surface area contributed by atoms with Crippen LogP contribution < -0.4 is 5.32 Å². The average molecular weight is 286 g/mol. The number of aromatic nitrogens is 1. The number of nitrogens with one attached hydrogen (secondary N) is 1. The number of esters is 1. The summed E-state index contributed by atoms with van der Waals surface area (Å²) in [6.45, 7) is 5.30. The summed E-state index contributed by atoms with van der Waals surface area (Å²) in [5.74, 6) is 1.04. The van der Waals surface area contributed by atoms with Gasteiger partial charge in [-0.05, 0) is 20.8 Å². The van der Waals surface area contributed by atoms with Crippen molar-refractivity contribution < 1.29 is 18.8 Å². The van der Waals surface area contributed by atoms with E-state index in [1.807, 2.05) is 13.8 Å². The van der Waals surface area contributed by atoms with E-state index in [1.165, 1.54) is 18.9 Å². The number of aryl methyl sites for hydroxylation is 2. The summed E-state index contributed by atoms with van der Waals surface area (Å²) in [5, 5.41) is 6.41. The molecule has 1 amide bonds. The van der Waals surface area contributed by atoms with Crippen molar-refractivity contribution in [2.45, 2.75) is 32.6 Å². The Hall–Kier alpha value is -1.50. The largest absolute Gasteiger partial charge is 0.467 e. The molecule has 1 heterocycles. The van der Waals surface area contributed by atoms with Crippen molar-refractivity contribution >= 4 is 23.6 Å². The lowest BCUT2D eigenvalue weighted by molar-refractivity contribution is -0.144. The van der Waals surface area contributed by atoms with Gasteiger partial charge in [-0.3, -0.25) is 4.79 Å². The summed E-state index contributed by atoms with van der Waals surface area (Å²) in [5.41, 5.74) is 1.85. The number of nitrogens with zero attached hydrogens (tertiary/aromatic N) is 1. The second-order valence-electron chi connectivity index (χ2n) is 4.11. The maximum atomic E-state index is 11.6. The van der Waals surface area contributed by atoms with Gasteiger partial charge in [0.15, 0.2) is 0 Å². The van der Waals surface area contributed by atoms with Gasteiger partial charge in [0.1, 0.15) is 11.8 Å². The number of hydrogen-bond donors (Lipinski definition) is 1. The van der Waals surface area contributed by atoms with Crippen molar-refractivity contribution in [3.05, 3.63) is 17.0 Å². The molecule has 0 aliphatic rings. The van der Waals surface area contributed by atoms with E-state index >= 15 is 0 Å². The normalized spacial score (nSPS) is 12.0. The van der Waals surface area contributed by atoms with Gasteiger partial charge >= 0.3 is 5.97 Å². The Balaban J connectivity index is 2.34. The van der Waals surface area contributed by atoms with Crippen molar-refractivity contribution in [3.63, 3.8) is 0 Å². The van der Waals surface area contributed by atoms with Gasteiger partial charge < -0.3 is 14.6 Å². The summed E-state index contributed by atoms with van der Waals surface area (Å²) in [7, 11) is 1.29. The zero-order valence-electron chi connectivity index (χ0n) is 11.5. The van der Waals surface area contributed by atoms with Gasteiger partial charge in [0.05, 0.1) is 18.6 Å².